The Labute approximate surface area is 62.9 Å². The summed E-state index contributed by atoms with van der Waals surface area (Å²) in [5, 5.41) is 0. The van der Waals surface area contributed by atoms with Crippen LogP contribution in [0.25, 0.3) is 0 Å². The third-order valence-electron chi connectivity index (χ3n) is 1.64. The minimum absolute atomic E-state index is 1.14. The molecule has 0 heteroatoms. The van der Waals surface area contributed by atoms with Gasteiger partial charge in [0.15, 0.2) is 0 Å². The van der Waals surface area contributed by atoms with Crippen molar-refractivity contribution in [3.63, 3.8) is 0 Å². The average molecular weight is 134 g/mol. The van der Waals surface area contributed by atoms with E-state index in [0.717, 1.165) is 6.42 Å². The number of hydrogen-bond acceptors (Lipinski definition) is 0. The lowest BCUT2D eigenvalue weighted by Crippen LogP contribution is -1.78. The van der Waals surface area contributed by atoms with Gasteiger partial charge in [-0.3, -0.25) is 0 Å². The molecule has 0 saturated heterocycles. The molecule has 0 bridgehead atoms. The zero-order valence-corrected chi connectivity index (χ0v) is 6.51. The summed E-state index contributed by atoms with van der Waals surface area (Å²) in [5.74, 6) is 0. The van der Waals surface area contributed by atoms with Crippen molar-refractivity contribution in [2.24, 2.45) is 0 Å². The number of hydrogen-bond donors (Lipinski definition) is 0. The minimum Gasteiger partial charge on any atom is -0.0805 e. The Morgan fingerprint density at radius 2 is 2.20 bits per heavy atom. The van der Waals surface area contributed by atoms with E-state index in [-0.39, 0.29) is 0 Å². The molecule has 0 radical (unpaired) electrons. The Kier molecular flexibility index (Phi) is 3.01. The first kappa shape index (κ1) is 7.33. The van der Waals surface area contributed by atoms with Gasteiger partial charge in [0, 0.05) is 0 Å². The molecule has 0 spiro atoms. The molecule has 0 nitrogen and oxygen atoms in total. The van der Waals surface area contributed by atoms with Crippen molar-refractivity contribution in [2.45, 2.75) is 26.2 Å². The molecule has 10 heavy (non-hydrogen) atoms. The van der Waals surface area contributed by atoms with Gasteiger partial charge in [0.1, 0.15) is 0 Å². The van der Waals surface area contributed by atoms with Gasteiger partial charge in [-0.1, -0.05) is 49.3 Å². The second-order valence-corrected chi connectivity index (χ2v) is 2.59. The summed E-state index contributed by atoms with van der Waals surface area (Å²) >= 11 is 0. The third-order valence-corrected chi connectivity index (χ3v) is 1.64. The van der Waals surface area contributed by atoms with Crippen LogP contribution in [0.5, 0.6) is 0 Å². The van der Waals surface area contributed by atoms with Crippen LogP contribution in [-0.2, 0) is 0 Å². The van der Waals surface area contributed by atoms with Gasteiger partial charge in [0.2, 0.25) is 0 Å². The lowest BCUT2D eigenvalue weighted by molar-refractivity contribution is 0.881. The first-order chi connectivity index (χ1) is 4.93. The molecule has 0 aromatic rings. The molecule has 0 aromatic heterocycles. The molecular formula is C10H14. The molecule has 0 heterocycles. The molecule has 1 rings (SSSR count). The van der Waals surface area contributed by atoms with Crippen LogP contribution in [0, 0.1) is 0 Å². The summed E-state index contributed by atoms with van der Waals surface area (Å²) in [6, 6.07) is 0. The average Bonchev–Trinajstić information content (AvgIpc) is 2.17. The van der Waals surface area contributed by atoms with E-state index < -0.39 is 0 Å². The first-order valence-electron chi connectivity index (χ1n) is 3.94. The smallest absolute Gasteiger partial charge is 0.0133 e. The van der Waals surface area contributed by atoms with Crippen LogP contribution >= 0.6 is 0 Å². The molecule has 0 unspecified atom stereocenters. The van der Waals surface area contributed by atoms with Gasteiger partial charge >= 0.3 is 0 Å². The summed E-state index contributed by atoms with van der Waals surface area (Å²) in [6.07, 6.45) is 14.4. The molecular weight excluding hydrogens is 120 g/mol. The van der Waals surface area contributed by atoms with Crippen LogP contribution < -0.4 is 0 Å². The zero-order valence-electron chi connectivity index (χ0n) is 6.51. The van der Waals surface area contributed by atoms with E-state index in [1.165, 1.54) is 12.8 Å². The first-order valence-corrected chi connectivity index (χ1v) is 3.94. The SMILES string of the molecule is CCCC1=CC=CC=CC1. The van der Waals surface area contributed by atoms with Gasteiger partial charge in [-0.05, 0) is 12.8 Å². The molecule has 0 atom stereocenters. The van der Waals surface area contributed by atoms with E-state index in [4.69, 9.17) is 0 Å². The van der Waals surface area contributed by atoms with Gasteiger partial charge < -0.3 is 0 Å². The molecule has 0 aliphatic heterocycles. The van der Waals surface area contributed by atoms with Crippen molar-refractivity contribution in [3.8, 4) is 0 Å². The Morgan fingerprint density at radius 3 is 3.00 bits per heavy atom. The summed E-state index contributed by atoms with van der Waals surface area (Å²) < 4.78 is 0. The van der Waals surface area contributed by atoms with Crippen molar-refractivity contribution >= 4 is 0 Å². The van der Waals surface area contributed by atoms with Crippen LogP contribution in [0.15, 0.2) is 36.0 Å². The van der Waals surface area contributed by atoms with Crippen LogP contribution in [0.2, 0.25) is 0 Å². The van der Waals surface area contributed by atoms with Crippen LogP contribution in [0.1, 0.15) is 26.2 Å². The largest absolute Gasteiger partial charge is 0.0805 e. The Bertz CT molecular complexity index is 170. The third kappa shape index (κ3) is 2.22. The predicted molar refractivity (Wildman–Crippen MR) is 45.9 cm³/mol. The molecule has 0 saturated carbocycles. The van der Waals surface area contributed by atoms with E-state index in [1.807, 2.05) is 0 Å². The monoisotopic (exact) mass is 134 g/mol. The fourth-order valence-corrected chi connectivity index (χ4v) is 1.13. The summed E-state index contributed by atoms with van der Waals surface area (Å²) in [4.78, 5) is 0. The number of rotatable bonds is 2. The fourth-order valence-electron chi connectivity index (χ4n) is 1.13. The maximum atomic E-state index is 2.23. The molecule has 1 aliphatic rings. The normalized spacial score (nSPS) is 16.7. The molecule has 1 aliphatic carbocycles. The van der Waals surface area contributed by atoms with Gasteiger partial charge in [-0.2, -0.15) is 0 Å². The van der Waals surface area contributed by atoms with E-state index in [9.17, 15) is 0 Å². The van der Waals surface area contributed by atoms with Gasteiger partial charge in [0.25, 0.3) is 0 Å². The van der Waals surface area contributed by atoms with Crippen molar-refractivity contribution < 1.29 is 0 Å². The van der Waals surface area contributed by atoms with Crippen molar-refractivity contribution in [2.75, 3.05) is 0 Å². The molecule has 0 aromatic carbocycles. The summed E-state index contributed by atoms with van der Waals surface area (Å²) in [6.45, 7) is 2.22. The molecule has 0 N–H and O–H groups in total. The minimum atomic E-state index is 1.14. The lowest BCUT2D eigenvalue weighted by atomic mass is 10.1. The second-order valence-electron chi connectivity index (χ2n) is 2.59. The molecule has 0 fully saturated rings. The Balaban J connectivity index is 2.50. The van der Waals surface area contributed by atoms with Crippen LogP contribution in [0.4, 0.5) is 0 Å². The lowest BCUT2D eigenvalue weighted by Gasteiger charge is -1.98. The topological polar surface area (TPSA) is 0 Å². The maximum Gasteiger partial charge on any atom is -0.0133 e. The van der Waals surface area contributed by atoms with Gasteiger partial charge in [-0.15, -0.1) is 0 Å². The summed E-state index contributed by atoms with van der Waals surface area (Å²) in [7, 11) is 0. The molecule has 54 valence electrons. The van der Waals surface area contributed by atoms with Gasteiger partial charge in [0.05, 0.1) is 0 Å². The van der Waals surface area contributed by atoms with Gasteiger partial charge in [-0.25, -0.2) is 0 Å². The molecule has 0 amide bonds. The van der Waals surface area contributed by atoms with E-state index in [1.54, 1.807) is 5.57 Å². The van der Waals surface area contributed by atoms with Crippen molar-refractivity contribution in [3.05, 3.63) is 36.0 Å². The second kappa shape index (κ2) is 4.10. The van der Waals surface area contributed by atoms with E-state index in [0.29, 0.717) is 0 Å². The van der Waals surface area contributed by atoms with E-state index in [2.05, 4.69) is 37.3 Å². The Morgan fingerprint density at radius 1 is 1.30 bits per heavy atom. The Hall–Kier alpha value is -0.780. The predicted octanol–water partition coefficient (Wildman–Crippen LogP) is 3.23. The number of allylic oxidation sites excluding steroid dienone is 6. The zero-order chi connectivity index (χ0) is 7.23. The van der Waals surface area contributed by atoms with Crippen molar-refractivity contribution in [1.29, 1.82) is 0 Å². The van der Waals surface area contributed by atoms with E-state index >= 15 is 0 Å². The standard InChI is InChI=1S/C10H14/c1-2-7-10-8-5-3-4-6-9-10/h3-6,8H,2,7,9H2,1H3. The fraction of sp³-hybridized carbons (Fsp3) is 0.400. The summed E-state index contributed by atoms with van der Waals surface area (Å²) in [5.41, 5.74) is 1.55. The highest BCUT2D eigenvalue weighted by Gasteiger charge is 1.92. The highest BCUT2D eigenvalue weighted by molar-refractivity contribution is 5.22. The quantitative estimate of drug-likeness (QED) is 0.544. The van der Waals surface area contributed by atoms with Crippen LogP contribution in [-0.4, -0.2) is 0 Å². The van der Waals surface area contributed by atoms with Crippen molar-refractivity contribution in [1.82, 2.24) is 0 Å². The highest BCUT2D eigenvalue weighted by atomic mass is 14.0. The highest BCUT2D eigenvalue weighted by Crippen LogP contribution is 2.12. The maximum absolute atomic E-state index is 2.23. The van der Waals surface area contributed by atoms with Crippen LogP contribution in [0.3, 0.4) is 0 Å².